The first-order chi connectivity index (χ1) is 29.1. The molecule has 8 rings (SSSR count). The fourth-order valence-corrected chi connectivity index (χ4v) is 8.21. The molecule has 1 amide bonds. The number of aromatic nitrogens is 2. The highest BCUT2D eigenvalue weighted by atomic mass is 35.5. The van der Waals surface area contributed by atoms with Crippen molar-refractivity contribution in [3.05, 3.63) is 113 Å². The number of nitrogens with one attached hydrogen (secondary N) is 3. The average Bonchev–Trinajstić information content (AvgIpc) is 4.17. The molecule has 0 radical (unpaired) electrons. The lowest BCUT2D eigenvalue weighted by molar-refractivity contribution is -0.142. The van der Waals surface area contributed by atoms with Gasteiger partial charge in [0.25, 0.3) is 0 Å². The van der Waals surface area contributed by atoms with Crippen molar-refractivity contribution >= 4 is 52.9 Å². The highest BCUT2D eigenvalue weighted by Crippen LogP contribution is 2.64. The molecule has 3 fully saturated rings. The van der Waals surface area contributed by atoms with Crippen molar-refractivity contribution in [2.75, 3.05) is 50.9 Å². The molecular formula is C48H64ClFN6O4. The van der Waals surface area contributed by atoms with E-state index in [0.717, 1.165) is 106 Å². The number of amides is 1. The Hall–Kier alpha value is -4.84. The molecule has 1 spiro atoms. The van der Waals surface area contributed by atoms with Gasteiger partial charge in [-0.3, -0.25) is 9.59 Å². The Bertz CT molecular complexity index is 2120. The molecule has 3 atom stereocenters. The Morgan fingerprint density at radius 2 is 1.83 bits per heavy atom. The molecule has 12 heteroatoms. The minimum atomic E-state index is -0.293. The zero-order valence-electron chi connectivity index (χ0n) is 36.4. The molecular weight excluding hydrogens is 779 g/mol. The number of alkyl halides is 1. The summed E-state index contributed by atoms with van der Waals surface area (Å²) in [5.41, 5.74) is 7.31. The summed E-state index contributed by atoms with van der Waals surface area (Å²) in [5.74, 6) is 1.50. The Morgan fingerprint density at radius 1 is 1.10 bits per heavy atom. The predicted molar refractivity (Wildman–Crippen MR) is 245 cm³/mol. The molecule has 10 nitrogen and oxygen atoms in total. The second-order valence-electron chi connectivity index (χ2n) is 15.6. The van der Waals surface area contributed by atoms with Gasteiger partial charge in [-0.15, -0.1) is 11.6 Å². The highest BCUT2D eigenvalue weighted by molar-refractivity contribution is 6.15. The van der Waals surface area contributed by atoms with Crippen LogP contribution in [-0.2, 0) is 27.9 Å². The van der Waals surface area contributed by atoms with E-state index in [2.05, 4.69) is 69.0 Å². The number of anilines is 2. The van der Waals surface area contributed by atoms with Gasteiger partial charge in [0.1, 0.15) is 17.9 Å². The van der Waals surface area contributed by atoms with Crippen molar-refractivity contribution in [2.45, 2.75) is 96.1 Å². The Labute approximate surface area is 360 Å². The van der Waals surface area contributed by atoms with Gasteiger partial charge in [-0.25, -0.2) is 9.37 Å². The first-order valence-corrected chi connectivity index (χ1v) is 21.7. The first kappa shape index (κ1) is 47.8. The zero-order valence-corrected chi connectivity index (χ0v) is 37.2. The van der Waals surface area contributed by atoms with Crippen molar-refractivity contribution in [2.24, 2.45) is 10.4 Å². The van der Waals surface area contributed by atoms with E-state index in [0.29, 0.717) is 23.5 Å². The number of aldehydes is 1. The van der Waals surface area contributed by atoms with E-state index in [1.807, 2.05) is 76.5 Å². The third-order valence-corrected chi connectivity index (χ3v) is 11.9. The van der Waals surface area contributed by atoms with E-state index in [4.69, 9.17) is 14.8 Å². The number of allylic oxidation sites excluding steroid dienone is 3. The average molecular weight is 844 g/mol. The van der Waals surface area contributed by atoms with Gasteiger partial charge in [0, 0.05) is 62.9 Å². The first-order valence-electron chi connectivity index (χ1n) is 20.9. The van der Waals surface area contributed by atoms with Gasteiger partial charge < -0.3 is 35.4 Å². The Morgan fingerprint density at radius 3 is 2.47 bits per heavy atom. The van der Waals surface area contributed by atoms with Gasteiger partial charge in [-0.1, -0.05) is 44.2 Å². The quantitative estimate of drug-likeness (QED) is 0.0309. The van der Waals surface area contributed by atoms with E-state index in [1.54, 1.807) is 6.07 Å². The van der Waals surface area contributed by atoms with Gasteiger partial charge in [-0.2, -0.15) is 0 Å². The Kier molecular flexibility index (Phi) is 17.6. The molecule has 4 aromatic rings. The number of aliphatic hydroxyl groups is 1. The second kappa shape index (κ2) is 22.1. The number of carbonyl (C=O) groups excluding carboxylic acids is 2. The number of imidazole rings is 1. The molecule has 3 aromatic carbocycles. The van der Waals surface area contributed by atoms with Crippen LogP contribution in [0.5, 0.6) is 0 Å². The van der Waals surface area contributed by atoms with Crippen molar-refractivity contribution in [3.63, 3.8) is 0 Å². The molecule has 2 saturated carbocycles. The summed E-state index contributed by atoms with van der Waals surface area (Å²) in [6.07, 6.45) is 16.8. The standard InChI is InChI=1S/C32H40FN5O.C12H11NO2.C2H6.CH3Cl.CH4O/c1-31(16-20-39-31)23-38-29-13-12-25(35-3)21-28(29)37-30(38)26-22-32(26,14-18-34-2)15-19-36-17-8-4-5-9-24-10-6-7-11-27(24)33;1-7-4-8(6-14)5-9-10(7)13-11(15)12(9)2-3-12;3*1-2/h4-8,10-13,17,21,26,35-36H,2,9,14-16,18-20,22-23H2,1,3H3;4-6H,2-3H2,1H3,(H,13,15);1-2H3;1H3;2H,1H3/b5-4-,17-8+;;;;. The van der Waals surface area contributed by atoms with Crippen LogP contribution in [0.2, 0.25) is 0 Å². The number of aliphatic imine (C=N–C) groups is 1. The van der Waals surface area contributed by atoms with E-state index < -0.39 is 0 Å². The number of ether oxygens (including phenoxy) is 1. The maximum Gasteiger partial charge on any atom is 0.235 e. The second-order valence-corrected chi connectivity index (χ2v) is 15.6. The normalized spacial score (nSPS) is 21.1. The van der Waals surface area contributed by atoms with Crippen molar-refractivity contribution in [1.82, 2.24) is 14.9 Å². The smallest absolute Gasteiger partial charge is 0.235 e. The number of hydrogen-bond acceptors (Lipinski definition) is 8. The van der Waals surface area contributed by atoms with Crippen molar-refractivity contribution < 1.29 is 23.8 Å². The van der Waals surface area contributed by atoms with Crippen molar-refractivity contribution in [1.29, 1.82) is 0 Å². The number of aryl methyl sites for hydroxylation is 1. The predicted octanol–water partition coefficient (Wildman–Crippen LogP) is 9.53. The van der Waals surface area contributed by atoms with Crippen molar-refractivity contribution in [3.8, 4) is 0 Å². The van der Waals surface area contributed by atoms with Crippen LogP contribution in [0.15, 0.2) is 84.0 Å². The molecule has 1 aromatic heterocycles. The van der Waals surface area contributed by atoms with Gasteiger partial charge in [0.2, 0.25) is 5.91 Å². The minimum Gasteiger partial charge on any atom is -0.400 e. The van der Waals surface area contributed by atoms with Crippen LogP contribution < -0.4 is 16.0 Å². The molecule has 3 heterocycles. The maximum absolute atomic E-state index is 13.8. The fourth-order valence-electron chi connectivity index (χ4n) is 8.21. The van der Waals surface area contributed by atoms with Crippen LogP contribution in [0.25, 0.3) is 11.0 Å². The minimum absolute atomic E-state index is 0.101. The largest absolute Gasteiger partial charge is 0.400 e. The number of fused-ring (bicyclic) bond motifs is 3. The maximum atomic E-state index is 13.8. The van der Waals surface area contributed by atoms with Gasteiger partial charge in [-0.05, 0) is 130 Å². The summed E-state index contributed by atoms with van der Waals surface area (Å²) in [4.78, 5) is 31.9. The molecule has 324 valence electrons. The fraction of sp³-hybridized carbons (Fsp3) is 0.458. The number of carbonyl (C=O) groups is 2. The molecule has 60 heavy (non-hydrogen) atoms. The third-order valence-electron chi connectivity index (χ3n) is 11.9. The Balaban J connectivity index is 0.000000312. The molecule has 2 aliphatic heterocycles. The van der Waals surface area contributed by atoms with Crippen LogP contribution in [0.3, 0.4) is 0 Å². The van der Waals surface area contributed by atoms with E-state index in [1.165, 1.54) is 23.8 Å². The summed E-state index contributed by atoms with van der Waals surface area (Å²) in [7, 11) is 2.94. The number of hydrogen-bond donors (Lipinski definition) is 4. The SMILES string of the molecule is C=NCCC1(CCN/C=C/C=C\Cc2ccccc2F)CC1c1nc2cc(NC)ccc2n1CC1(C)CCO1.CC.CCl.CO.Cc1cc(C=O)cc2c1NC(=O)C21CC1. The number of halogens is 2. The van der Waals surface area contributed by atoms with Crippen LogP contribution >= 0.6 is 11.6 Å². The monoisotopic (exact) mass is 842 g/mol. The number of nitrogens with zero attached hydrogens (tertiary/aromatic N) is 3. The lowest BCUT2D eigenvalue weighted by Crippen LogP contribution is -2.44. The summed E-state index contributed by atoms with van der Waals surface area (Å²) < 4.78 is 22.2. The summed E-state index contributed by atoms with van der Waals surface area (Å²) in [6, 6.07) is 17.0. The molecule has 0 bridgehead atoms. The number of aliphatic hydroxyl groups excluding tert-OH is 1. The number of rotatable bonds is 15. The van der Waals surface area contributed by atoms with Gasteiger partial charge in [0.15, 0.2) is 0 Å². The molecule has 1 saturated heterocycles. The summed E-state index contributed by atoms with van der Waals surface area (Å²) in [5, 5.41) is 16.6. The van der Waals surface area contributed by atoms with Gasteiger partial charge in [0.05, 0.1) is 35.2 Å². The summed E-state index contributed by atoms with van der Waals surface area (Å²) >= 11 is 4.64. The van der Waals surface area contributed by atoms with Crippen LogP contribution in [0.4, 0.5) is 15.8 Å². The molecule has 3 unspecified atom stereocenters. The van der Waals surface area contributed by atoms with Crippen LogP contribution in [0.1, 0.15) is 98.1 Å². The van der Waals surface area contributed by atoms with E-state index in [-0.39, 0.29) is 28.2 Å². The lowest BCUT2D eigenvalue weighted by Gasteiger charge is -2.39. The van der Waals surface area contributed by atoms with Crippen LogP contribution in [-0.4, -0.2) is 79.4 Å². The van der Waals surface area contributed by atoms with E-state index in [9.17, 15) is 14.0 Å². The lowest BCUT2D eigenvalue weighted by atomic mass is 9.94. The molecule has 4 N–H and O–H groups in total. The third kappa shape index (κ3) is 10.9. The summed E-state index contributed by atoms with van der Waals surface area (Å²) in [6.45, 7) is 15.2. The number of benzene rings is 3. The van der Waals surface area contributed by atoms with Gasteiger partial charge >= 0.3 is 0 Å². The zero-order chi connectivity index (χ0) is 43.9. The van der Waals surface area contributed by atoms with Crippen LogP contribution in [0, 0.1) is 18.2 Å². The topological polar surface area (TPSA) is 130 Å². The molecule has 4 aliphatic rings. The molecule has 2 aliphatic carbocycles. The highest BCUT2D eigenvalue weighted by Gasteiger charge is 2.57. The van der Waals surface area contributed by atoms with E-state index >= 15 is 0 Å².